The Labute approximate surface area is 199 Å². The molecule has 33 heavy (non-hydrogen) atoms. The molecule has 2 unspecified atom stereocenters. The quantitative estimate of drug-likeness (QED) is 0.525. The van der Waals surface area contributed by atoms with E-state index in [0.29, 0.717) is 6.54 Å². The van der Waals surface area contributed by atoms with Gasteiger partial charge in [-0.15, -0.1) is 0 Å². The number of carbonyl (C=O) groups is 1. The molecule has 2 amide bonds. The van der Waals surface area contributed by atoms with Crippen molar-refractivity contribution in [2.45, 2.75) is 83.2 Å². The van der Waals surface area contributed by atoms with Crippen molar-refractivity contribution in [2.24, 2.45) is 0 Å². The number of anilines is 1. The molecule has 0 aromatic heterocycles. The number of rotatable bonds is 5. The second-order valence-electron chi connectivity index (χ2n) is 10.9. The normalized spacial score (nSPS) is 20.3. The van der Waals surface area contributed by atoms with Crippen LogP contribution in [0.25, 0.3) is 0 Å². The molecule has 6 heteroatoms. The summed E-state index contributed by atoms with van der Waals surface area (Å²) in [5.41, 5.74) is 4.66. The molecule has 0 radical (unpaired) electrons. The lowest BCUT2D eigenvalue weighted by molar-refractivity contribution is 0.165. The molecular formula is C27H38N2O3Si. The molecule has 1 heterocycles. The Bertz CT molecular complexity index is 999. The molecule has 4 rings (SSSR count). The van der Waals surface area contributed by atoms with Gasteiger partial charge in [0.1, 0.15) is 11.9 Å². The monoisotopic (exact) mass is 466 g/mol. The van der Waals surface area contributed by atoms with Crippen LogP contribution >= 0.6 is 0 Å². The molecule has 1 aliphatic carbocycles. The molecule has 2 aliphatic rings. The summed E-state index contributed by atoms with van der Waals surface area (Å²) < 4.78 is 12.8. The Morgan fingerprint density at radius 2 is 1.79 bits per heavy atom. The molecule has 5 nitrogen and oxygen atoms in total. The summed E-state index contributed by atoms with van der Waals surface area (Å²) in [6.07, 6.45) is 4.96. The largest absolute Gasteiger partial charge is 0.488 e. The second-order valence-corrected chi connectivity index (χ2v) is 15.7. The van der Waals surface area contributed by atoms with Gasteiger partial charge in [-0.2, -0.15) is 0 Å². The van der Waals surface area contributed by atoms with E-state index in [1.807, 2.05) is 30.3 Å². The minimum atomic E-state index is -1.83. The minimum Gasteiger partial charge on any atom is -0.488 e. The molecule has 0 saturated heterocycles. The Kier molecular flexibility index (Phi) is 6.87. The van der Waals surface area contributed by atoms with E-state index in [9.17, 15) is 4.79 Å². The maximum absolute atomic E-state index is 12.7. The van der Waals surface area contributed by atoms with Crippen LogP contribution in [0.2, 0.25) is 18.1 Å². The maximum Gasteiger partial charge on any atom is 0.319 e. The summed E-state index contributed by atoms with van der Waals surface area (Å²) in [6, 6.07) is 14.2. The molecule has 178 valence electrons. The third-order valence-electron chi connectivity index (χ3n) is 7.45. The lowest BCUT2D eigenvalue weighted by Gasteiger charge is -2.40. The summed E-state index contributed by atoms with van der Waals surface area (Å²) >= 11 is 0. The number of hydrogen-bond donors (Lipinski definition) is 2. The number of amides is 2. The molecule has 1 aliphatic heterocycles. The summed E-state index contributed by atoms with van der Waals surface area (Å²) in [7, 11) is -1.83. The number of fused-ring (bicyclic) bond motifs is 2. The first-order valence-corrected chi connectivity index (χ1v) is 15.1. The van der Waals surface area contributed by atoms with E-state index in [1.165, 1.54) is 16.7 Å². The van der Waals surface area contributed by atoms with E-state index in [1.54, 1.807) is 0 Å². The number of urea groups is 1. The fraction of sp³-hybridized carbons (Fsp3) is 0.519. The molecular weight excluding hydrogens is 428 g/mol. The van der Waals surface area contributed by atoms with Crippen LogP contribution in [0.1, 0.15) is 50.3 Å². The number of nitrogens with one attached hydrogen (secondary N) is 2. The van der Waals surface area contributed by atoms with Crippen LogP contribution in [-0.2, 0) is 23.7 Å². The van der Waals surface area contributed by atoms with Gasteiger partial charge in [-0.25, -0.2) is 4.79 Å². The molecule has 0 fully saturated rings. The summed E-state index contributed by atoms with van der Waals surface area (Å²) in [4.78, 5) is 12.7. The highest BCUT2D eigenvalue weighted by Crippen LogP contribution is 2.39. The zero-order chi connectivity index (χ0) is 23.6. The number of benzene rings is 2. The fourth-order valence-corrected chi connectivity index (χ4v) is 5.85. The van der Waals surface area contributed by atoms with Gasteiger partial charge in [-0.3, -0.25) is 0 Å². The van der Waals surface area contributed by atoms with Crippen molar-refractivity contribution < 1.29 is 14.0 Å². The maximum atomic E-state index is 12.7. The minimum absolute atomic E-state index is 0.00212. The zero-order valence-corrected chi connectivity index (χ0v) is 21.7. The molecule has 2 aromatic rings. The van der Waals surface area contributed by atoms with Gasteiger partial charge in [-0.05, 0) is 79.1 Å². The van der Waals surface area contributed by atoms with Crippen molar-refractivity contribution in [1.82, 2.24) is 5.32 Å². The van der Waals surface area contributed by atoms with Gasteiger partial charge in [0.25, 0.3) is 0 Å². The van der Waals surface area contributed by atoms with Gasteiger partial charge >= 0.3 is 6.03 Å². The zero-order valence-electron chi connectivity index (χ0n) is 20.7. The summed E-state index contributed by atoms with van der Waals surface area (Å²) in [6.45, 7) is 12.0. The van der Waals surface area contributed by atoms with Crippen molar-refractivity contribution in [1.29, 1.82) is 0 Å². The van der Waals surface area contributed by atoms with Crippen LogP contribution in [0.15, 0.2) is 42.5 Å². The molecule has 0 spiro atoms. The first-order valence-electron chi connectivity index (χ1n) is 12.2. The average molecular weight is 467 g/mol. The van der Waals surface area contributed by atoms with Crippen molar-refractivity contribution in [3.63, 3.8) is 0 Å². The van der Waals surface area contributed by atoms with Crippen molar-refractivity contribution >= 4 is 20.0 Å². The molecule has 0 saturated carbocycles. The molecule has 2 atom stereocenters. The lowest BCUT2D eigenvalue weighted by atomic mass is 9.88. The molecule has 2 aromatic carbocycles. The number of aryl methyl sites for hydroxylation is 2. The smallest absolute Gasteiger partial charge is 0.319 e. The number of carbonyl (C=O) groups excluding carboxylic acids is 1. The number of para-hydroxylation sites is 1. The predicted molar refractivity (Wildman–Crippen MR) is 137 cm³/mol. The Hall–Kier alpha value is -2.31. The third kappa shape index (κ3) is 5.61. The highest BCUT2D eigenvalue weighted by Gasteiger charge is 2.40. The summed E-state index contributed by atoms with van der Waals surface area (Å²) in [5, 5.41) is 6.29. The lowest BCUT2D eigenvalue weighted by Crippen LogP contribution is -2.45. The van der Waals surface area contributed by atoms with Crippen LogP contribution in [0.3, 0.4) is 0 Å². The third-order valence-corrected chi connectivity index (χ3v) is 12.0. The van der Waals surface area contributed by atoms with Crippen molar-refractivity contribution in [2.75, 3.05) is 11.9 Å². The second kappa shape index (κ2) is 9.51. The van der Waals surface area contributed by atoms with Gasteiger partial charge in [0, 0.05) is 11.8 Å². The summed E-state index contributed by atoms with van der Waals surface area (Å²) in [5.74, 6) is 0.931. The van der Waals surface area contributed by atoms with Crippen LogP contribution in [0, 0.1) is 0 Å². The van der Waals surface area contributed by atoms with E-state index in [-0.39, 0.29) is 23.3 Å². The number of ether oxygens (including phenoxy) is 1. The van der Waals surface area contributed by atoms with Crippen molar-refractivity contribution in [3.05, 3.63) is 59.2 Å². The standard InChI is InChI=1S/C27H38N2O3Si/c1-27(2,3)33(4,5)32-21-15-13-19-10-8-11-24(23(19)17-21)29-26(30)28-18-22-16-14-20-9-6-7-12-25(20)31-22/h6-12,21-22H,13-18H2,1-5H3,(H2,28,29,30). The van der Waals surface area contributed by atoms with E-state index >= 15 is 0 Å². The van der Waals surface area contributed by atoms with Gasteiger partial charge in [0.15, 0.2) is 8.32 Å². The highest BCUT2D eigenvalue weighted by atomic mass is 28.4. The van der Waals surface area contributed by atoms with Crippen LogP contribution in [0.5, 0.6) is 5.75 Å². The highest BCUT2D eigenvalue weighted by molar-refractivity contribution is 6.74. The first-order chi connectivity index (χ1) is 15.6. The van der Waals surface area contributed by atoms with E-state index < -0.39 is 8.32 Å². The van der Waals surface area contributed by atoms with E-state index in [4.69, 9.17) is 9.16 Å². The number of hydrogen-bond acceptors (Lipinski definition) is 3. The average Bonchev–Trinajstić information content (AvgIpc) is 2.77. The van der Waals surface area contributed by atoms with Gasteiger partial charge in [-0.1, -0.05) is 51.1 Å². The van der Waals surface area contributed by atoms with Crippen LogP contribution in [0.4, 0.5) is 10.5 Å². The molecule has 2 N–H and O–H groups in total. The van der Waals surface area contributed by atoms with E-state index in [0.717, 1.165) is 43.5 Å². The molecule has 0 bridgehead atoms. The van der Waals surface area contributed by atoms with E-state index in [2.05, 4.69) is 56.6 Å². The Balaban J connectivity index is 1.35. The first kappa shape index (κ1) is 23.8. The predicted octanol–water partition coefficient (Wildman–Crippen LogP) is 6.08. The topological polar surface area (TPSA) is 59.6 Å². The van der Waals surface area contributed by atoms with Gasteiger partial charge in [0.2, 0.25) is 0 Å². The SMILES string of the molecule is CC(C)(C)[Si](C)(C)OC1CCc2cccc(NC(=O)NCC3CCc4ccccc4O3)c2C1. The van der Waals surface area contributed by atoms with Crippen LogP contribution < -0.4 is 15.4 Å². The van der Waals surface area contributed by atoms with Gasteiger partial charge in [0.05, 0.1) is 6.54 Å². The Morgan fingerprint density at radius 3 is 2.58 bits per heavy atom. The van der Waals surface area contributed by atoms with Crippen molar-refractivity contribution in [3.8, 4) is 5.75 Å². The fourth-order valence-electron chi connectivity index (χ4n) is 4.46. The van der Waals surface area contributed by atoms with Crippen LogP contribution in [-0.4, -0.2) is 33.1 Å². The Morgan fingerprint density at radius 1 is 1.06 bits per heavy atom. The van der Waals surface area contributed by atoms with Gasteiger partial charge < -0.3 is 19.8 Å².